The number of phenolic OH excluding ortho intramolecular Hbond substituents is 1. The van der Waals surface area contributed by atoms with Crippen molar-refractivity contribution < 1.29 is 19.4 Å². The van der Waals surface area contributed by atoms with Crippen molar-refractivity contribution in [2.75, 3.05) is 59.0 Å². The first kappa shape index (κ1) is 33.3. The van der Waals surface area contributed by atoms with E-state index in [1.165, 1.54) is 0 Å². The van der Waals surface area contributed by atoms with Crippen molar-refractivity contribution in [1.29, 1.82) is 0 Å². The summed E-state index contributed by atoms with van der Waals surface area (Å²) in [7, 11) is 0. The zero-order valence-electron chi connectivity index (χ0n) is 26.6. The molecule has 2 aliphatic heterocycles. The molecule has 2 saturated heterocycles. The summed E-state index contributed by atoms with van der Waals surface area (Å²) in [5, 5.41) is 10.5. The van der Waals surface area contributed by atoms with E-state index in [0.29, 0.717) is 38.2 Å². The molecule has 1 N–H and O–H groups in total. The molecule has 2 aromatic carbocycles. The third-order valence-corrected chi connectivity index (χ3v) is 9.12. The second-order valence-corrected chi connectivity index (χ2v) is 12.0. The third kappa shape index (κ3) is 7.71. The maximum absolute atomic E-state index is 13.8. The van der Waals surface area contributed by atoms with E-state index in [1.807, 2.05) is 54.3 Å². The van der Waals surface area contributed by atoms with E-state index in [9.17, 15) is 14.7 Å². The first-order chi connectivity index (χ1) is 21.2. The highest BCUT2D eigenvalue weighted by atomic mass is 16.5. The van der Waals surface area contributed by atoms with E-state index in [0.717, 1.165) is 56.7 Å². The first-order valence-corrected chi connectivity index (χ1v) is 15.9. The Morgan fingerprint density at radius 3 is 2.45 bits per heavy atom. The zero-order valence-corrected chi connectivity index (χ0v) is 26.6. The van der Waals surface area contributed by atoms with Crippen LogP contribution in [-0.4, -0.2) is 108 Å². The number of terminal acetylenes is 1. The van der Waals surface area contributed by atoms with E-state index >= 15 is 0 Å². The molecule has 2 aliphatic rings. The minimum absolute atomic E-state index is 0.0254. The molecule has 2 aromatic rings. The molecule has 0 unspecified atom stereocenters. The fraction of sp³-hybridized carbons (Fsp3) is 0.500. The van der Waals surface area contributed by atoms with E-state index < -0.39 is 5.54 Å². The van der Waals surface area contributed by atoms with Gasteiger partial charge in [-0.2, -0.15) is 0 Å². The van der Waals surface area contributed by atoms with Gasteiger partial charge in [0, 0.05) is 63.8 Å². The number of hydrogen-bond acceptors (Lipinski definition) is 7. The lowest BCUT2D eigenvalue weighted by Gasteiger charge is -2.52. The van der Waals surface area contributed by atoms with Crippen LogP contribution in [0.4, 0.5) is 0 Å². The number of esters is 1. The van der Waals surface area contributed by atoms with Gasteiger partial charge in [-0.3, -0.25) is 24.3 Å². The molecule has 8 nitrogen and oxygen atoms in total. The Labute approximate surface area is 263 Å². The standard InChI is InChI=1S/C36H48N4O4/c1-6-18-39-26-28(4)40(27-32(39)7-2)36(5,31-15-12-16-33(41)25-31)30-14-11-13-29(24-30)35(43)38-22-20-37(21-23-38)19-10-9-17-34(42)44-8-3/h2,6,11-16,24-25,28,32,41H,1,8-10,17-23,26-27H2,3-5H3/t28-,32+,36+/m0/s1. The lowest BCUT2D eigenvalue weighted by molar-refractivity contribution is -0.143. The Balaban J connectivity index is 1.51. The zero-order chi connectivity index (χ0) is 31.7. The molecule has 0 aliphatic carbocycles. The molecule has 0 aromatic heterocycles. The van der Waals surface area contributed by atoms with E-state index in [4.69, 9.17) is 11.2 Å². The van der Waals surface area contributed by atoms with Gasteiger partial charge in [-0.05, 0) is 75.5 Å². The molecule has 0 bridgehead atoms. The highest BCUT2D eigenvalue weighted by Gasteiger charge is 2.43. The molecule has 0 spiro atoms. The number of benzene rings is 2. The molecule has 2 fully saturated rings. The largest absolute Gasteiger partial charge is 0.508 e. The molecule has 44 heavy (non-hydrogen) atoms. The van der Waals surface area contributed by atoms with Gasteiger partial charge in [0.25, 0.3) is 5.91 Å². The van der Waals surface area contributed by atoms with Gasteiger partial charge in [-0.1, -0.05) is 36.3 Å². The van der Waals surface area contributed by atoms with Crippen LogP contribution in [0.3, 0.4) is 0 Å². The minimum Gasteiger partial charge on any atom is -0.508 e. The van der Waals surface area contributed by atoms with Gasteiger partial charge < -0.3 is 14.7 Å². The Hall–Kier alpha value is -3.64. The molecule has 236 valence electrons. The lowest BCUT2D eigenvalue weighted by Crippen LogP contribution is -2.62. The van der Waals surface area contributed by atoms with Crippen LogP contribution in [0.1, 0.15) is 61.5 Å². The van der Waals surface area contributed by atoms with Crippen molar-refractivity contribution in [2.24, 2.45) is 0 Å². The summed E-state index contributed by atoms with van der Waals surface area (Å²) in [5.41, 5.74) is 1.93. The van der Waals surface area contributed by atoms with Crippen molar-refractivity contribution >= 4 is 11.9 Å². The molecular weight excluding hydrogens is 552 g/mol. The van der Waals surface area contributed by atoms with Crippen LogP contribution >= 0.6 is 0 Å². The van der Waals surface area contributed by atoms with E-state index in [2.05, 4.69) is 47.1 Å². The van der Waals surface area contributed by atoms with Crippen LogP contribution in [0.5, 0.6) is 5.75 Å². The summed E-state index contributed by atoms with van der Waals surface area (Å²) >= 11 is 0. The van der Waals surface area contributed by atoms with Crippen LogP contribution < -0.4 is 0 Å². The predicted octanol–water partition coefficient (Wildman–Crippen LogP) is 4.34. The van der Waals surface area contributed by atoms with Crippen LogP contribution in [0, 0.1) is 12.3 Å². The van der Waals surface area contributed by atoms with Crippen LogP contribution in [-0.2, 0) is 15.1 Å². The number of amides is 1. The minimum atomic E-state index is -0.647. The summed E-state index contributed by atoms with van der Waals surface area (Å²) < 4.78 is 5.02. The molecule has 3 atom stereocenters. The maximum Gasteiger partial charge on any atom is 0.305 e. The van der Waals surface area contributed by atoms with Crippen LogP contribution in [0.15, 0.2) is 61.2 Å². The fourth-order valence-electron chi connectivity index (χ4n) is 6.65. The van der Waals surface area contributed by atoms with Crippen molar-refractivity contribution in [1.82, 2.24) is 19.6 Å². The molecule has 0 saturated carbocycles. The average Bonchev–Trinajstić information content (AvgIpc) is 3.03. The number of hydrogen-bond donors (Lipinski definition) is 1. The van der Waals surface area contributed by atoms with E-state index in [1.54, 1.807) is 6.07 Å². The Morgan fingerprint density at radius 2 is 1.80 bits per heavy atom. The molecule has 1 amide bonds. The summed E-state index contributed by atoms with van der Waals surface area (Å²) in [5.74, 6) is 3.07. The number of rotatable bonds is 12. The maximum atomic E-state index is 13.8. The predicted molar refractivity (Wildman–Crippen MR) is 174 cm³/mol. The Bertz CT molecular complexity index is 1330. The highest BCUT2D eigenvalue weighted by Crippen LogP contribution is 2.40. The van der Waals surface area contributed by atoms with Gasteiger partial charge in [0.1, 0.15) is 5.75 Å². The summed E-state index contributed by atoms with van der Waals surface area (Å²) in [6, 6.07) is 15.4. The smallest absolute Gasteiger partial charge is 0.305 e. The number of carbonyl (C=O) groups is 2. The number of phenols is 1. The van der Waals surface area contributed by atoms with Gasteiger partial charge in [-0.15, -0.1) is 13.0 Å². The van der Waals surface area contributed by atoms with Gasteiger partial charge >= 0.3 is 5.97 Å². The quantitative estimate of drug-likeness (QED) is 0.168. The van der Waals surface area contributed by atoms with Crippen molar-refractivity contribution in [2.45, 2.75) is 57.7 Å². The van der Waals surface area contributed by atoms with E-state index in [-0.39, 0.29) is 29.7 Å². The topological polar surface area (TPSA) is 76.6 Å². The van der Waals surface area contributed by atoms with Gasteiger partial charge in [-0.25, -0.2) is 0 Å². The van der Waals surface area contributed by atoms with Gasteiger partial charge in [0.05, 0.1) is 18.2 Å². The van der Waals surface area contributed by atoms with Crippen LogP contribution in [0.2, 0.25) is 0 Å². The van der Waals surface area contributed by atoms with Crippen molar-refractivity contribution in [3.8, 4) is 18.1 Å². The Kier molecular flexibility index (Phi) is 11.6. The number of unbranched alkanes of at least 4 members (excludes halogenated alkanes) is 1. The molecule has 0 radical (unpaired) electrons. The number of carbonyl (C=O) groups excluding carboxylic acids is 2. The number of piperazine rings is 2. The summed E-state index contributed by atoms with van der Waals surface area (Å²) in [6.45, 7) is 16.5. The number of aromatic hydroxyl groups is 1. The monoisotopic (exact) mass is 600 g/mol. The summed E-state index contributed by atoms with van der Waals surface area (Å²) in [4.78, 5) is 34.4. The normalized spacial score (nSPS) is 21.3. The van der Waals surface area contributed by atoms with Crippen molar-refractivity contribution in [3.05, 3.63) is 77.9 Å². The Morgan fingerprint density at radius 1 is 1.09 bits per heavy atom. The SMILES string of the molecule is C#C[C@@H]1CN([C@@](C)(c2cccc(O)c2)c2cccc(C(=O)N3CCN(CCCCC(=O)OCC)CC3)c2)[C@@H](C)CN1CC=C. The summed E-state index contributed by atoms with van der Waals surface area (Å²) in [6.07, 6.45) is 10.1. The van der Waals surface area contributed by atoms with Gasteiger partial charge in [0.15, 0.2) is 0 Å². The second kappa shape index (κ2) is 15.4. The molecular formula is C36H48N4O4. The van der Waals surface area contributed by atoms with Crippen molar-refractivity contribution in [3.63, 3.8) is 0 Å². The highest BCUT2D eigenvalue weighted by molar-refractivity contribution is 5.94. The first-order valence-electron chi connectivity index (χ1n) is 15.9. The molecule has 8 heteroatoms. The van der Waals surface area contributed by atoms with Gasteiger partial charge in [0.2, 0.25) is 0 Å². The second-order valence-electron chi connectivity index (χ2n) is 12.0. The average molecular weight is 601 g/mol. The van der Waals surface area contributed by atoms with Crippen LogP contribution in [0.25, 0.3) is 0 Å². The number of ether oxygens (including phenoxy) is 1. The molecule has 4 rings (SSSR count). The molecule has 2 heterocycles. The lowest BCUT2D eigenvalue weighted by atomic mass is 9.80. The fourth-order valence-corrected chi connectivity index (χ4v) is 6.65. The third-order valence-electron chi connectivity index (χ3n) is 9.12. The number of nitrogens with zero attached hydrogens (tertiary/aromatic N) is 4.